The van der Waals surface area contributed by atoms with E-state index in [0.29, 0.717) is 0 Å². The molecule has 0 bridgehead atoms. The molecule has 0 spiro atoms. The lowest BCUT2D eigenvalue weighted by molar-refractivity contribution is -0.384. The highest BCUT2D eigenvalue weighted by Crippen LogP contribution is 2.41. The van der Waals surface area contributed by atoms with Gasteiger partial charge in [0.05, 0.1) is 17.0 Å². The van der Waals surface area contributed by atoms with Gasteiger partial charge in [0.1, 0.15) is 0 Å². The van der Waals surface area contributed by atoms with Crippen LogP contribution in [0.1, 0.15) is 12.5 Å². The first-order valence-corrected chi connectivity index (χ1v) is 6.41. The summed E-state index contributed by atoms with van der Waals surface area (Å²) < 4.78 is 44.7. The molecule has 1 unspecified atom stereocenters. The van der Waals surface area contributed by atoms with Crippen LogP contribution in [0.5, 0.6) is 0 Å². The number of esters is 1. The van der Waals surface area contributed by atoms with Crippen molar-refractivity contribution in [2.24, 2.45) is 5.73 Å². The van der Waals surface area contributed by atoms with Crippen molar-refractivity contribution in [3.63, 3.8) is 0 Å². The molecule has 1 atom stereocenters. The van der Waals surface area contributed by atoms with Gasteiger partial charge < -0.3 is 15.5 Å². The number of ether oxygens (including phenoxy) is 1. The number of alkyl halides is 3. The van der Waals surface area contributed by atoms with Gasteiger partial charge in [0, 0.05) is 29.3 Å². The number of carbonyl (C=O) groups is 1. The molecule has 2 rings (SSSR count). The van der Waals surface area contributed by atoms with Gasteiger partial charge in [-0.25, -0.2) is 4.79 Å². The number of nitro benzene ring substituents is 1. The number of rotatable bonds is 4. The molecule has 23 heavy (non-hydrogen) atoms. The largest absolute Gasteiger partial charge is 0.464 e. The third kappa shape index (κ3) is 2.61. The molecule has 124 valence electrons. The standard InChI is InChI=1S/C13H12F3N3O4/c1-2-23-11(20)12(17,13(14,15)16)9-6-18-10-5-7(19(21)22)3-4-8(9)10/h3-6,18H,2,17H2,1H3. The smallest absolute Gasteiger partial charge is 0.421 e. The Hall–Kier alpha value is -2.62. The number of hydrogen-bond donors (Lipinski definition) is 2. The summed E-state index contributed by atoms with van der Waals surface area (Å²) in [4.78, 5) is 24.3. The van der Waals surface area contributed by atoms with Crippen molar-refractivity contribution in [1.29, 1.82) is 0 Å². The Morgan fingerprint density at radius 1 is 1.43 bits per heavy atom. The maximum Gasteiger partial charge on any atom is 0.421 e. The van der Waals surface area contributed by atoms with Gasteiger partial charge in [0.2, 0.25) is 5.54 Å². The minimum absolute atomic E-state index is 0.0523. The molecule has 0 aliphatic rings. The number of hydrogen-bond acceptors (Lipinski definition) is 5. The van der Waals surface area contributed by atoms with Crippen molar-refractivity contribution < 1.29 is 27.6 Å². The molecule has 0 radical (unpaired) electrons. The lowest BCUT2D eigenvalue weighted by Crippen LogP contribution is -2.57. The van der Waals surface area contributed by atoms with Crippen molar-refractivity contribution in [2.45, 2.75) is 18.6 Å². The van der Waals surface area contributed by atoms with Crippen molar-refractivity contribution in [3.8, 4) is 0 Å². The number of nitrogens with two attached hydrogens (primary N) is 1. The Morgan fingerprint density at radius 2 is 2.09 bits per heavy atom. The van der Waals surface area contributed by atoms with E-state index in [1.165, 1.54) is 6.92 Å². The first-order valence-electron chi connectivity index (χ1n) is 6.41. The molecule has 2 aromatic rings. The molecule has 7 nitrogen and oxygen atoms in total. The van der Waals surface area contributed by atoms with Gasteiger partial charge in [-0.2, -0.15) is 13.2 Å². The number of nitro groups is 1. The summed E-state index contributed by atoms with van der Waals surface area (Å²) in [5, 5.41) is 10.7. The van der Waals surface area contributed by atoms with Crippen molar-refractivity contribution in [2.75, 3.05) is 6.61 Å². The predicted octanol–water partition coefficient (Wildman–Crippen LogP) is 2.36. The van der Waals surface area contributed by atoms with Crippen LogP contribution in [0, 0.1) is 10.1 Å². The summed E-state index contributed by atoms with van der Waals surface area (Å²) in [5.41, 5.74) is 1.19. The van der Waals surface area contributed by atoms with Crippen LogP contribution in [0.3, 0.4) is 0 Å². The van der Waals surface area contributed by atoms with Crippen LogP contribution in [-0.2, 0) is 15.1 Å². The summed E-state index contributed by atoms with van der Waals surface area (Å²) in [7, 11) is 0. The molecule has 1 aromatic carbocycles. The average Bonchev–Trinajstić information content (AvgIpc) is 2.88. The van der Waals surface area contributed by atoms with Crippen molar-refractivity contribution >= 4 is 22.6 Å². The van der Waals surface area contributed by atoms with Crippen molar-refractivity contribution in [1.82, 2.24) is 4.98 Å². The molecule has 1 aromatic heterocycles. The summed E-state index contributed by atoms with van der Waals surface area (Å²) in [6, 6.07) is 3.19. The van der Waals surface area contributed by atoms with Gasteiger partial charge in [-0.15, -0.1) is 0 Å². The quantitative estimate of drug-likeness (QED) is 0.507. The minimum atomic E-state index is -5.11. The van der Waals surface area contributed by atoms with Gasteiger partial charge in [0.15, 0.2) is 0 Å². The Labute approximate surface area is 127 Å². The highest BCUT2D eigenvalue weighted by molar-refractivity contribution is 5.93. The molecule has 0 saturated carbocycles. The first-order chi connectivity index (χ1) is 10.6. The second-order valence-corrected chi connectivity index (χ2v) is 4.72. The highest BCUT2D eigenvalue weighted by Gasteiger charge is 2.61. The Bertz CT molecular complexity index is 771. The number of non-ortho nitro benzene ring substituents is 1. The number of halogens is 3. The summed E-state index contributed by atoms with van der Waals surface area (Å²) in [5.74, 6) is -1.65. The maximum atomic E-state index is 13.4. The minimum Gasteiger partial charge on any atom is -0.464 e. The number of H-pyrrole nitrogens is 1. The number of carbonyl (C=O) groups excluding carboxylic acids is 1. The third-order valence-corrected chi connectivity index (χ3v) is 3.35. The molecule has 10 heteroatoms. The fourth-order valence-electron chi connectivity index (χ4n) is 2.18. The van der Waals surface area contributed by atoms with Crippen LogP contribution in [0.25, 0.3) is 10.9 Å². The fraction of sp³-hybridized carbons (Fsp3) is 0.308. The molecule has 3 N–H and O–H groups in total. The lowest BCUT2D eigenvalue weighted by atomic mass is 9.90. The molecule has 0 fully saturated rings. The number of fused-ring (bicyclic) bond motifs is 1. The number of aromatic nitrogens is 1. The second kappa shape index (κ2) is 5.54. The van der Waals surface area contributed by atoms with Gasteiger partial charge in [-0.1, -0.05) is 0 Å². The topological polar surface area (TPSA) is 111 Å². The zero-order valence-corrected chi connectivity index (χ0v) is 11.8. The second-order valence-electron chi connectivity index (χ2n) is 4.72. The van der Waals surface area contributed by atoms with E-state index in [1.807, 2.05) is 0 Å². The normalized spacial score (nSPS) is 14.5. The average molecular weight is 331 g/mol. The highest BCUT2D eigenvalue weighted by atomic mass is 19.4. The van der Waals surface area contributed by atoms with Gasteiger partial charge in [0.25, 0.3) is 5.69 Å². The van der Waals surface area contributed by atoms with Crippen LogP contribution in [0.4, 0.5) is 18.9 Å². The maximum absolute atomic E-state index is 13.4. The SMILES string of the molecule is CCOC(=O)C(N)(c1c[nH]c2cc([N+](=O)[O-])ccc12)C(F)(F)F. The number of nitrogens with one attached hydrogen (secondary N) is 1. The van der Waals surface area contributed by atoms with Crippen molar-refractivity contribution in [3.05, 3.63) is 40.1 Å². The molecule has 0 aliphatic heterocycles. The number of benzene rings is 1. The third-order valence-electron chi connectivity index (χ3n) is 3.35. The summed E-state index contributed by atoms with van der Waals surface area (Å²) >= 11 is 0. The van der Waals surface area contributed by atoms with E-state index in [9.17, 15) is 28.1 Å². The molecular weight excluding hydrogens is 319 g/mol. The van der Waals surface area contributed by atoms with E-state index >= 15 is 0 Å². The Kier molecular flexibility index (Phi) is 4.03. The molecular formula is C13H12F3N3O4. The van der Waals surface area contributed by atoms with Crippen LogP contribution in [-0.4, -0.2) is 28.7 Å². The lowest BCUT2D eigenvalue weighted by Gasteiger charge is -2.29. The van der Waals surface area contributed by atoms with Gasteiger partial charge in [-0.05, 0) is 13.0 Å². The van der Waals surface area contributed by atoms with Gasteiger partial charge in [-0.3, -0.25) is 10.1 Å². The van der Waals surface area contributed by atoms with E-state index in [0.717, 1.165) is 24.4 Å². The number of nitrogens with zero attached hydrogens (tertiary/aromatic N) is 1. The molecule has 0 aliphatic carbocycles. The molecule has 1 heterocycles. The Balaban J connectivity index is 2.67. The zero-order chi connectivity index (χ0) is 17.4. The van der Waals surface area contributed by atoms with E-state index < -0.39 is 28.2 Å². The summed E-state index contributed by atoms with van der Waals surface area (Å²) in [6.45, 7) is 1.08. The fourth-order valence-corrected chi connectivity index (χ4v) is 2.18. The van der Waals surface area contributed by atoms with E-state index in [1.54, 1.807) is 0 Å². The van der Waals surface area contributed by atoms with E-state index in [-0.39, 0.29) is 23.2 Å². The molecule has 0 saturated heterocycles. The van der Waals surface area contributed by atoms with Crippen LogP contribution < -0.4 is 5.73 Å². The summed E-state index contributed by atoms with van der Waals surface area (Å²) in [6.07, 6.45) is -4.21. The number of aromatic amines is 1. The van der Waals surface area contributed by atoms with Crippen LogP contribution in [0.15, 0.2) is 24.4 Å². The monoisotopic (exact) mass is 331 g/mol. The van der Waals surface area contributed by atoms with E-state index in [4.69, 9.17) is 5.73 Å². The first kappa shape index (κ1) is 16.7. The van der Waals surface area contributed by atoms with E-state index in [2.05, 4.69) is 9.72 Å². The van der Waals surface area contributed by atoms with Crippen LogP contribution in [0.2, 0.25) is 0 Å². The molecule has 0 amide bonds. The zero-order valence-electron chi connectivity index (χ0n) is 11.8. The Morgan fingerprint density at radius 3 is 2.61 bits per heavy atom. The van der Waals surface area contributed by atoms with Gasteiger partial charge >= 0.3 is 12.1 Å². The predicted molar refractivity (Wildman–Crippen MR) is 73.5 cm³/mol. The van der Waals surface area contributed by atoms with Crippen LogP contribution >= 0.6 is 0 Å².